The predicted molar refractivity (Wildman–Crippen MR) is 76.8 cm³/mol. The van der Waals surface area contributed by atoms with Gasteiger partial charge < -0.3 is 15.0 Å². The summed E-state index contributed by atoms with van der Waals surface area (Å²) in [5.74, 6) is 0.000663. The van der Waals surface area contributed by atoms with Crippen molar-refractivity contribution < 1.29 is 9.53 Å². The molecule has 2 fully saturated rings. The number of carbonyl (C=O) groups excluding carboxylic acids is 1. The lowest BCUT2D eigenvalue weighted by atomic mass is 10.2. The summed E-state index contributed by atoms with van der Waals surface area (Å²) < 4.78 is 5.25. The van der Waals surface area contributed by atoms with Crippen LogP contribution in [0.25, 0.3) is 0 Å². The Kier molecular flexibility index (Phi) is 4.16. The summed E-state index contributed by atoms with van der Waals surface area (Å²) in [5.41, 5.74) is 1.53. The third-order valence-corrected chi connectivity index (χ3v) is 4.01. The van der Waals surface area contributed by atoms with E-state index in [0.29, 0.717) is 38.0 Å². The van der Waals surface area contributed by atoms with E-state index in [2.05, 4.69) is 10.3 Å². The van der Waals surface area contributed by atoms with Crippen LogP contribution in [0.1, 0.15) is 36.2 Å². The fraction of sp³-hybridized carbons (Fsp3) is 0.600. The molecule has 5 nitrogen and oxygen atoms in total. The molecule has 20 heavy (non-hydrogen) atoms. The molecule has 2 heterocycles. The minimum atomic E-state index is 0.000663. The number of aromatic nitrogens is 1. The lowest BCUT2D eigenvalue weighted by Crippen LogP contribution is -2.41. The average molecular weight is 275 g/mol. The van der Waals surface area contributed by atoms with Crippen molar-refractivity contribution in [1.82, 2.24) is 9.88 Å². The van der Waals surface area contributed by atoms with E-state index in [1.165, 1.54) is 25.7 Å². The minimum absolute atomic E-state index is 0.000663. The van der Waals surface area contributed by atoms with Crippen LogP contribution in [-0.2, 0) is 4.74 Å². The summed E-state index contributed by atoms with van der Waals surface area (Å²) in [6.07, 6.45) is 6.84. The SMILES string of the molecule is O=C(c1ccc(NC2CCCC2)cn1)N1CCOCC1. The molecule has 0 unspecified atom stereocenters. The van der Waals surface area contributed by atoms with E-state index in [9.17, 15) is 4.79 Å². The average Bonchev–Trinajstić information content (AvgIpc) is 3.01. The number of anilines is 1. The van der Waals surface area contributed by atoms with Crippen LogP contribution in [0.3, 0.4) is 0 Å². The first-order chi connectivity index (χ1) is 9.83. The number of carbonyl (C=O) groups is 1. The Labute approximate surface area is 119 Å². The van der Waals surface area contributed by atoms with Gasteiger partial charge in [-0.3, -0.25) is 4.79 Å². The van der Waals surface area contributed by atoms with E-state index in [4.69, 9.17) is 4.74 Å². The Balaban J connectivity index is 1.61. The molecule has 0 bridgehead atoms. The molecule has 1 aromatic heterocycles. The molecule has 3 rings (SSSR count). The Bertz CT molecular complexity index is 449. The minimum Gasteiger partial charge on any atom is -0.381 e. The highest BCUT2D eigenvalue weighted by atomic mass is 16.5. The van der Waals surface area contributed by atoms with Gasteiger partial charge >= 0.3 is 0 Å². The summed E-state index contributed by atoms with van der Waals surface area (Å²) in [6.45, 7) is 2.55. The lowest BCUT2D eigenvalue weighted by Gasteiger charge is -2.26. The zero-order valence-electron chi connectivity index (χ0n) is 11.7. The molecule has 1 aromatic rings. The Morgan fingerprint density at radius 3 is 2.65 bits per heavy atom. The quantitative estimate of drug-likeness (QED) is 0.915. The smallest absolute Gasteiger partial charge is 0.272 e. The molecule has 0 spiro atoms. The maximum absolute atomic E-state index is 12.2. The Hall–Kier alpha value is -1.62. The molecule has 1 saturated carbocycles. The van der Waals surface area contributed by atoms with E-state index in [-0.39, 0.29) is 5.91 Å². The van der Waals surface area contributed by atoms with Crippen molar-refractivity contribution in [3.05, 3.63) is 24.0 Å². The van der Waals surface area contributed by atoms with E-state index in [0.717, 1.165) is 5.69 Å². The molecular formula is C15H21N3O2. The van der Waals surface area contributed by atoms with Crippen LogP contribution in [-0.4, -0.2) is 48.1 Å². The van der Waals surface area contributed by atoms with E-state index in [1.807, 2.05) is 12.1 Å². The van der Waals surface area contributed by atoms with Gasteiger partial charge in [-0.2, -0.15) is 0 Å². The van der Waals surface area contributed by atoms with Crippen LogP contribution < -0.4 is 5.32 Å². The van der Waals surface area contributed by atoms with Crippen LogP contribution in [0.4, 0.5) is 5.69 Å². The lowest BCUT2D eigenvalue weighted by molar-refractivity contribution is 0.0299. The van der Waals surface area contributed by atoms with Crippen molar-refractivity contribution in [3.63, 3.8) is 0 Å². The summed E-state index contributed by atoms with van der Waals surface area (Å²) in [6, 6.07) is 4.34. The number of nitrogens with zero attached hydrogens (tertiary/aromatic N) is 2. The molecular weight excluding hydrogens is 254 g/mol. The van der Waals surface area contributed by atoms with Crippen LogP contribution in [0, 0.1) is 0 Å². The summed E-state index contributed by atoms with van der Waals surface area (Å²) >= 11 is 0. The largest absolute Gasteiger partial charge is 0.381 e. The van der Waals surface area contributed by atoms with Gasteiger partial charge in [0.15, 0.2) is 0 Å². The molecule has 1 aliphatic heterocycles. The second-order valence-corrected chi connectivity index (χ2v) is 5.46. The van der Waals surface area contributed by atoms with Gasteiger partial charge in [-0.15, -0.1) is 0 Å². The molecule has 1 amide bonds. The summed E-state index contributed by atoms with van der Waals surface area (Å²) in [7, 11) is 0. The molecule has 0 radical (unpaired) electrons. The molecule has 1 saturated heterocycles. The van der Waals surface area contributed by atoms with Gasteiger partial charge in [-0.05, 0) is 25.0 Å². The molecule has 1 N–H and O–H groups in total. The van der Waals surface area contributed by atoms with Crippen LogP contribution in [0.2, 0.25) is 0 Å². The third kappa shape index (κ3) is 3.10. The Morgan fingerprint density at radius 2 is 2.00 bits per heavy atom. The number of hydrogen-bond acceptors (Lipinski definition) is 4. The zero-order chi connectivity index (χ0) is 13.8. The monoisotopic (exact) mass is 275 g/mol. The van der Waals surface area contributed by atoms with Gasteiger partial charge in [-0.25, -0.2) is 4.98 Å². The Morgan fingerprint density at radius 1 is 1.25 bits per heavy atom. The van der Waals surface area contributed by atoms with Gasteiger partial charge in [0.25, 0.3) is 5.91 Å². The maximum Gasteiger partial charge on any atom is 0.272 e. The van der Waals surface area contributed by atoms with Crippen molar-refractivity contribution >= 4 is 11.6 Å². The second kappa shape index (κ2) is 6.22. The van der Waals surface area contributed by atoms with Crippen molar-refractivity contribution in [1.29, 1.82) is 0 Å². The van der Waals surface area contributed by atoms with E-state index < -0.39 is 0 Å². The topological polar surface area (TPSA) is 54.5 Å². The summed E-state index contributed by atoms with van der Waals surface area (Å²) in [4.78, 5) is 18.3. The predicted octanol–water partition coefficient (Wildman–Crippen LogP) is 1.91. The fourth-order valence-electron chi connectivity index (χ4n) is 2.84. The van der Waals surface area contributed by atoms with Crippen molar-refractivity contribution in [3.8, 4) is 0 Å². The number of ether oxygens (including phenoxy) is 1. The van der Waals surface area contributed by atoms with Gasteiger partial charge in [0.2, 0.25) is 0 Å². The maximum atomic E-state index is 12.2. The zero-order valence-corrected chi connectivity index (χ0v) is 11.7. The number of nitrogens with one attached hydrogen (secondary N) is 1. The first kappa shape index (κ1) is 13.4. The molecule has 108 valence electrons. The fourth-order valence-corrected chi connectivity index (χ4v) is 2.84. The van der Waals surface area contributed by atoms with Crippen LogP contribution >= 0.6 is 0 Å². The van der Waals surface area contributed by atoms with Gasteiger partial charge in [0.05, 0.1) is 25.1 Å². The number of amides is 1. The van der Waals surface area contributed by atoms with Gasteiger partial charge in [-0.1, -0.05) is 12.8 Å². The van der Waals surface area contributed by atoms with Crippen LogP contribution in [0.15, 0.2) is 18.3 Å². The summed E-state index contributed by atoms with van der Waals surface area (Å²) in [5, 5.41) is 3.48. The van der Waals surface area contributed by atoms with Crippen molar-refractivity contribution in [2.75, 3.05) is 31.6 Å². The molecule has 0 aromatic carbocycles. The number of hydrogen-bond donors (Lipinski definition) is 1. The van der Waals surface area contributed by atoms with Gasteiger partial charge in [0.1, 0.15) is 5.69 Å². The molecule has 5 heteroatoms. The second-order valence-electron chi connectivity index (χ2n) is 5.46. The first-order valence-corrected chi connectivity index (χ1v) is 7.42. The highest BCUT2D eigenvalue weighted by molar-refractivity contribution is 5.92. The van der Waals surface area contributed by atoms with E-state index >= 15 is 0 Å². The van der Waals surface area contributed by atoms with E-state index in [1.54, 1.807) is 11.1 Å². The van der Waals surface area contributed by atoms with Crippen molar-refractivity contribution in [2.24, 2.45) is 0 Å². The molecule has 0 atom stereocenters. The number of morpholine rings is 1. The standard InChI is InChI=1S/C15H21N3O2/c19-15(18-7-9-20-10-8-18)14-6-5-13(11-16-14)17-12-3-1-2-4-12/h5-6,11-12,17H,1-4,7-10H2. The highest BCUT2D eigenvalue weighted by Gasteiger charge is 2.20. The van der Waals surface area contributed by atoms with Gasteiger partial charge in [0, 0.05) is 19.1 Å². The molecule has 2 aliphatic rings. The number of pyridine rings is 1. The first-order valence-electron chi connectivity index (χ1n) is 7.42. The normalized spacial score (nSPS) is 20.1. The molecule has 1 aliphatic carbocycles. The third-order valence-electron chi connectivity index (χ3n) is 4.01. The highest BCUT2D eigenvalue weighted by Crippen LogP contribution is 2.22. The van der Waals surface area contributed by atoms with Crippen molar-refractivity contribution in [2.45, 2.75) is 31.7 Å². The number of rotatable bonds is 3. The van der Waals surface area contributed by atoms with Crippen LogP contribution in [0.5, 0.6) is 0 Å².